The van der Waals surface area contributed by atoms with E-state index >= 15 is 0 Å². The van der Waals surface area contributed by atoms with Gasteiger partial charge in [0.15, 0.2) is 0 Å². The van der Waals surface area contributed by atoms with Crippen LogP contribution in [0.25, 0.3) is 0 Å². The first-order chi connectivity index (χ1) is 9.54. The average molecular weight is 314 g/mol. The summed E-state index contributed by atoms with van der Waals surface area (Å²) in [4.78, 5) is 0. The van der Waals surface area contributed by atoms with E-state index in [0.29, 0.717) is 23.2 Å². The van der Waals surface area contributed by atoms with E-state index < -0.39 is 0 Å². The third-order valence-electron chi connectivity index (χ3n) is 3.20. The number of nitrogens with zero attached hydrogens (tertiary/aromatic N) is 2. The van der Waals surface area contributed by atoms with Crippen molar-refractivity contribution in [1.29, 1.82) is 0 Å². The van der Waals surface area contributed by atoms with Crippen molar-refractivity contribution in [3.8, 4) is 0 Å². The molecular weight excluding hydrogens is 297 g/mol. The Balaban J connectivity index is 2.37. The first-order valence-electron chi connectivity index (χ1n) is 6.26. The Kier molecular flexibility index (Phi) is 5.05. The van der Waals surface area contributed by atoms with E-state index in [1.165, 1.54) is 0 Å². The number of hydrogen-bond acceptors (Lipinski definition) is 3. The number of nitrogens with two attached hydrogens (primary N) is 1. The molecular formula is C14H17Cl2N3O. The van der Waals surface area contributed by atoms with E-state index in [0.717, 1.165) is 16.8 Å². The topological polar surface area (TPSA) is 53.1 Å². The molecule has 1 atom stereocenters. The highest BCUT2D eigenvalue weighted by atomic mass is 35.5. The van der Waals surface area contributed by atoms with Crippen molar-refractivity contribution in [3.05, 3.63) is 51.3 Å². The highest BCUT2D eigenvalue weighted by molar-refractivity contribution is 6.31. The van der Waals surface area contributed by atoms with Gasteiger partial charge in [-0.2, -0.15) is 5.10 Å². The van der Waals surface area contributed by atoms with Crippen LogP contribution in [0, 0.1) is 6.92 Å². The van der Waals surface area contributed by atoms with Gasteiger partial charge in [-0.1, -0.05) is 29.3 Å². The monoisotopic (exact) mass is 313 g/mol. The maximum absolute atomic E-state index is 6.36. The van der Waals surface area contributed by atoms with E-state index in [4.69, 9.17) is 33.7 Å². The fourth-order valence-corrected chi connectivity index (χ4v) is 2.66. The number of halogens is 2. The average Bonchev–Trinajstić information content (AvgIpc) is 2.77. The van der Waals surface area contributed by atoms with Crippen molar-refractivity contribution in [3.63, 3.8) is 0 Å². The quantitative estimate of drug-likeness (QED) is 0.922. The first kappa shape index (κ1) is 15.3. The number of methoxy groups -OCH3 is 1. The Morgan fingerprint density at radius 1 is 1.40 bits per heavy atom. The SMILES string of the molecule is COCCn1ncc(Cl)c1C(N)c1ccc(Cl)cc1C. The standard InChI is InChI=1S/C14H17Cl2N3O/c1-9-7-10(15)3-4-11(9)13(17)14-12(16)8-18-19(14)5-6-20-2/h3-4,7-8,13H,5-6,17H2,1-2H3. The Hall–Kier alpha value is -1.07. The van der Waals surface area contributed by atoms with Crippen molar-refractivity contribution in [2.45, 2.75) is 19.5 Å². The molecule has 0 aliphatic rings. The molecule has 0 bridgehead atoms. The number of benzene rings is 1. The Labute approximate surface area is 128 Å². The van der Waals surface area contributed by atoms with Gasteiger partial charge in [-0.15, -0.1) is 0 Å². The second-order valence-corrected chi connectivity index (χ2v) is 5.42. The van der Waals surface area contributed by atoms with Crippen molar-refractivity contribution < 1.29 is 4.74 Å². The van der Waals surface area contributed by atoms with Gasteiger partial charge in [-0.05, 0) is 30.2 Å². The van der Waals surface area contributed by atoms with Crippen LogP contribution in [0.2, 0.25) is 10.0 Å². The molecule has 1 unspecified atom stereocenters. The molecule has 0 aliphatic carbocycles. The van der Waals surface area contributed by atoms with Gasteiger partial charge in [0.1, 0.15) is 0 Å². The molecule has 0 saturated carbocycles. The predicted octanol–water partition coefficient (Wildman–Crippen LogP) is 3.19. The lowest BCUT2D eigenvalue weighted by Gasteiger charge is -2.17. The Morgan fingerprint density at radius 3 is 2.80 bits per heavy atom. The number of ether oxygens (including phenoxy) is 1. The second kappa shape index (κ2) is 6.59. The third kappa shape index (κ3) is 3.15. The summed E-state index contributed by atoms with van der Waals surface area (Å²) in [5, 5.41) is 5.50. The molecule has 1 aromatic carbocycles. The maximum atomic E-state index is 6.36. The van der Waals surface area contributed by atoms with Crippen LogP contribution < -0.4 is 5.73 Å². The first-order valence-corrected chi connectivity index (χ1v) is 7.02. The van der Waals surface area contributed by atoms with Crippen LogP contribution in [0.4, 0.5) is 0 Å². The molecule has 2 N–H and O–H groups in total. The summed E-state index contributed by atoms with van der Waals surface area (Å²) in [6.45, 7) is 3.14. The van der Waals surface area contributed by atoms with Crippen LogP contribution in [-0.4, -0.2) is 23.5 Å². The Bertz CT molecular complexity index is 598. The molecule has 1 aromatic heterocycles. The highest BCUT2D eigenvalue weighted by Gasteiger charge is 2.20. The minimum Gasteiger partial charge on any atom is -0.383 e. The Morgan fingerprint density at radius 2 is 2.15 bits per heavy atom. The smallest absolute Gasteiger partial charge is 0.0837 e. The minimum atomic E-state index is -0.348. The second-order valence-electron chi connectivity index (χ2n) is 4.57. The lowest BCUT2D eigenvalue weighted by atomic mass is 9.99. The normalized spacial score (nSPS) is 12.7. The number of aromatic nitrogens is 2. The van der Waals surface area contributed by atoms with Gasteiger partial charge in [0, 0.05) is 12.1 Å². The summed E-state index contributed by atoms with van der Waals surface area (Å²) in [6.07, 6.45) is 1.61. The zero-order valence-electron chi connectivity index (χ0n) is 11.4. The predicted molar refractivity (Wildman–Crippen MR) is 81.3 cm³/mol. The van der Waals surface area contributed by atoms with E-state index in [1.807, 2.05) is 25.1 Å². The van der Waals surface area contributed by atoms with Crippen LogP contribution in [0.15, 0.2) is 24.4 Å². The lowest BCUT2D eigenvalue weighted by molar-refractivity contribution is 0.182. The van der Waals surface area contributed by atoms with Crippen molar-refractivity contribution in [1.82, 2.24) is 9.78 Å². The van der Waals surface area contributed by atoms with Gasteiger partial charge in [0.05, 0.1) is 36.1 Å². The molecule has 108 valence electrons. The molecule has 20 heavy (non-hydrogen) atoms. The van der Waals surface area contributed by atoms with Crippen molar-refractivity contribution in [2.75, 3.05) is 13.7 Å². The lowest BCUT2D eigenvalue weighted by Crippen LogP contribution is -2.20. The van der Waals surface area contributed by atoms with Gasteiger partial charge in [-0.25, -0.2) is 0 Å². The molecule has 2 aromatic rings. The number of aryl methyl sites for hydroxylation is 1. The van der Waals surface area contributed by atoms with E-state index in [-0.39, 0.29) is 6.04 Å². The molecule has 0 amide bonds. The third-order valence-corrected chi connectivity index (χ3v) is 3.73. The molecule has 0 saturated heterocycles. The molecule has 0 spiro atoms. The van der Waals surface area contributed by atoms with Gasteiger partial charge in [-0.3, -0.25) is 4.68 Å². The van der Waals surface area contributed by atoms with Crippen molar-refractivity contribution in [2.24, 2.45) is 5.73 Å². The van der Waals surface area contributed by atoms with Crippen LogP contribution in [-0.2, 0) is 11.3 Å². The molecule has 6 heteroatoms. The summed E-state index contributed by atoms with van der Waals surface area (Å²) in [6, 6.07) is 5.29. The molecule has 4 nitrogen and oxygen atoms in total. The molecule has 0 fully saturated rings. The largest absolute Gasteiger partial charge is 0.383 e. The molecule has 0 aliphatic heterocycles. The van der Waals surface area contributed by atoms with Crippen LogP contribution in [0.3, 0.4) is 0 Å². The fraction of sp³-hybridized carbons (Fsp3) is 0.357. The summed E-state index contributed by atoms with van der Waals surface area (Å²) >= 11 is 12.2. The fourth-order valence-electron chi connectivity index (χ4n) is 2.17. The van der Waals surface area contributed by atoms with E-state index in [9.17, 15) is 0 Å². The van der Waals surface area contributed by atoms with Crippen LogP contribution in [0.5, 0.6) is 0 Å². The summed E-state index contributed by atoms with van der Waals surface area (Å²) < 4.78 is 6.86. The molecule has 0 radical (unpaired) electrons. The maximum Gasteiger partial charge on any atom is 0.0837 e. The highest BCUT2D eigenvalue weighted by Crippen LogP contribution is 2.29. The van der Waals surface area contributed by atoms with Gasteiger partial charge >= 0.3 is 0 Å². The van der Waals surface area contributed by atoms with Crippen molar-refractivity contribution >= 4 is 23.2 Å². The zero-order valence-corrected chi connectivity index (χ0v) is 12.9. The minimum absolute atomic E-state index is 0.348. The van der Waals surface area contributed by atoms with E-state index in [1.54, 1.807) is 18.0 Å². The molecule has 1 heterocycles. The summed E-state index contributed by atoms with van der Waals surface area (Å²) in [7, 11) is 1.65. The zero-order chi connectivity index (χ0) is 14.7. The van der Waals surface area contributed by atoms with Crippen LogP contribution >= 0.6 is 23.2 Å². The number of hydrogen-bond donors (Lipinski definition) is 1. The number of rotatable bonds is 5. The summed E-state index contributed by atoms with van der Waals surface area (Å²) in [5.74, 6) is 0. The summed E-state index contributed by atoms with van der Waals surface area (Å²) in [5.41, 5.74) is 9.15. The van der Waals surface area contributed by atoms with Gasteiger partial charge in [0.2, 0.25) is 0 Å². The van der Waals surface area contributed by atoms with E-state index in [2.05, 4.69) is 5.10 Å². The van der Waals surface area contributed by atoms with Gasteiger partial charge < -0.3 is 10.5 Å². The van der Waals surface area contributed by atoms with Gasteiger partial charge in [0.25, 0.3) is 0 Å². The molecule has 2 rings (SSSR count). The van der Waals surface area contributed by atoms with Crippen LogP contribution in [0.1, 0.15) is 22.9 Å².